The van der Waals surface area contributed by atoms with Crippen LogP contribution in [0.5, 0.6) is 5.75 Å². The molecule has 1 atom stereocenters. The lowest BCUT2D eigenvalue weighted by Gasteiger charge is -2.34. The fraction of sp³-hybridized carbons (Fsp3) is 0.257. The van der Waals surface area contributed by atoms with E-state index in [0.29, 0.717) is 17.3 Å². The average molecular weight is 727 g/mol. The van der Waals surface area contributed by atoms with Crippen LogP contribution in [-0.4, -0.2) is 51.4 Å². The Morgan fingerprint density at radius 2 is 1.54 bits per heavy atom. The van der Waals surface area contributed by atoms with Crippen molar-refractivity contribution in [3.63, 3.8) is 0 Å². The first kappa shape index (κ1) is 35.0. The normalized spacial score (nSPS) is 11.8. The monoisotopic (exact) mass is 725 g/mol. The van der Waals surface area contributed by atoms with Crippen molar-refractivity contribution in [3.8, 4) is 5.75 Å². The van der Waals surface area contributed by atoms with Gasteiger partial charge in [0.2, 0.25) is 11.8 Å². The van der Waals surface area contributed by atoms with Gasteiger partial charge in [0.1, 0.15) is 18.3 Å². The van der Waals surface area contributed by atoms with Crippen molar-refractivity contribution in [2.24, 2.45) is 0 Å². The third-order valence-corrected chi connectivity index (χ3v) is 9.98. The SMILES string of the molecule is CCCCNC(=O)[C@@H](Cc1ccccc1)N(Cc1ccc(Br)cc1)C(=O)CN(c1ccc(Cl)cc1)S(=O)(=O)c1ccc(OC)cc1. The lowest BCUT2D eigenvalue weighted by molar-refractivity contribution is -0.140. The smallest absolute Gasteiger partial charge is 0.264 e. The summed E-state index contributed by atoms with van der Waals surface area (Å²) in [6.07, 6.45) is 1.92. The zero-order valence-electron chi connectivity index (χ0n) is 25.7. The predicted octanol–water partition coefficient (Wildman–Crippen LogP) is 6.86. The Kier molecular flexibility index (Phi) is 12.7. The number of ether oxygens (including phenoxy) is 1. The molecule has 11 heteroatoms. The number of carbonyl (C=O) groups is 2. The number of methoxy groups -OCH3 is 1. The lowest BCUT2D eigenvalue weighted by Crippen LogP contribution is -2.53. The summed E-state index contributed by atoms with van der Waals surface area (Å²) in [6, 6.07) is 28.2. The molecular weight excluding hydrogens is 690 g/mol. The van der Waals surface area contributed by atoms with Gasteiger partial charge in [-0.15, -0.1) is 0 Å². The molecule has 0 radical (unpaired) electrons. The van der Waals surface area contributed by atoms with Crippen molar-refractivity contribution in [1.29, 1.82) is 0 Å². The number of benzene rings is 4. The second-order valence-corrected chi connectivity index (χ2v) is 13.9. The van der Waals surface area contributed by atoms with Crippen LogP contribution in [0.25, 0.3) is 0 Å². The van der Waals surface area contributed by atoms with E-state index in [0.717, 1.165) is 32.7 Å². The van der Waals surface area contributed by atoms with Crippen molar-refractivity contribution in [1.82, 2.24) is 10.2 Å². The number of nitrogens with zero attached hydrogens (tertiary/aromatic N) is 2. The van der Waals surface area contributed by atoms with E-state index < -0.39 is 28.5 Å². The second kappa shape index (κ2) is 16.6. The Labute approximate surface area is 284 Å². The fourth-order valence-electron chi connectivity index (χ4n) is 4.86. The zero-order chi connectivity index (χ0) is 33.1. The maximum atomic E-state index is 14.5. The first-order valence-corrected chi connectivity index (χ1v) is 17.5. The third kappa shape index (κ3) is 9.34. The highest BCUT2D eigenvalue weighted by atomic mass is 79.9. The Morgan fingerprint density at radius 3 is 2.15 bits per heavy atom. The molecule has 46 heavy (non-hydrogen) atoms. The topological polar surface area (TPSA) is 96.0 Å². The highest BCUT2D eigenvalue weighted by Gasteiger charge is 2.34. The van der Waals surface area contributed by atoms with Gasteiger partial charge in [0.15, 0.2) is 0 Å². The highest BCUT2D eigenvalue weighted by molar-refractivity contribution is 9.10. The quantitative estimate of drug-likeness (QED) is 0.135. The molecule has 242 valence electrons. The van der Waals surface area contributed by atoms with E-state index in [-0.39, 0.29) is 29.5 Å². The van der Waals surface area contributed by atoms with E-state index in [9.17, 15) is 18.0 Å². The van der Waals surface area contributed by atoms with Crippen LogP contribution in [-0.2, 0) is 32.6 Å². The first-order valence-electron chi connectivity index (χ1n) is 14.9. The molecule has 0 bridgehead atoms. The molecule has 4 aromatic rings. The van der Waals surface area contributed by atoms with E-state index in [1.54, 1.807) is 36.4 Å². The standard InChI is InChI=1S/C35H37BrClN3O5S/c1-3-4-22-38-35(42)33(23-26-8-6-5-7-9-26)39(24-27-10-12-28(36)13-11-27)34(41)25-40(30-16-14-29(37)15-17-30)46(43,44)32-20-18-31(45-2)19-21-32/h5-21,33H,3-4,22-25H2,1-2H3,(H,38,42)/t33-/m1/s1. The van der Waals surface area contributed by atoms with Crippen molar-refractivity contribution in [2.75, 3.05) is 24.5 Å². The van der Waals surface area contributed by atoms with Gasteiger partial charge in [-0.2, -0.15) is 0 Å². The number of sulfonamides is 1. The van der Waals surface area contributed by atoms with Crippen molar-refractivity contribution >= 4 is 55.1 Å². The molecule has 4 rings (SSSR count). The van der Waals surface area contributed by atoms with E-state index in [1.165, 1.54) is 24.1 Å². The molecule has 0 saturated heterocycles. The Hall–Kier alpha value is -3.86. The van der Waals surface area contributed by atoms with Crippen LogP contribution in [0.15, 0.2) is 112 Å². The lowest BCUT2D eigenvalue weighted by atomic mass is 10.0. The van der Waals surface area contributed by atoms with Gasteiger partial charge < -0.3 is 15.0 Å². The van der Waals surface area contributed by atoms with Crippen LogP contribution < -0.4 is 14.4 Å². The van der Waals surface area contributed by atoms with Crippen molar-refractivity contribution in [3.05, 3.63) is 124 Å². The van der Waals surface area contributed by atoms with Gasteiger partial charge in [-0.3, -0.25) is 13.9 Å². The minimum atomic E-state index is -4.24. The maximum Gasteiger partial charge on any atom is 0.264 e. The number of nitrogens with one attached hydrogen (secondary N) is 1. The van der Waals surface area contributed by atoms with Crippen LogP contribution in [0.4, 0.5) is 5.69 Å². The summed E-state index contributed by atoms with van der Waals surface area (Å²) in [7, 11) is -2.75. The minimum Gasteiger partial charge on any atom is -0.497 e. The summed E-state index contributed by atoms with van der Waals surface area (Å²) in [4.78, 5) is 29.8. The van der Waals surface area contributed by atoms with Gasteiger partial charge in [0.25, 0.3) is 10.0 Å². The molecule has 4 aromatic carbocycles. The summed E-state index contributed by atoms with van der Waals surface area (Å²) in [5, 5.41) is 3.41. The molecule has 0 aliphatic rings. The minimum absolute atomic E-state index is 0.0198. The summed E-state index contributed by atoms with van der Waals surface area (Å²) in [6.45, 7) is 2.02. The summed E-state index contributed by atoms with van der Waals surface area (Å²) in [5.41, 5.74) is 1.91. The molecule has 8 nitrogen and oxygen atoms in total. The van der Waals surface area contributed by atoms with Gasteiger partial charge in [-0.25, -0.2) is 8.42 Å². The molecule has 0 spiro atoms. The van der Waals surface area contributed by atoms with E-state index in [4.69, 9.17) is 16.3 Å². The number of rotatable bonds is 15. The highest BCUT2D eigenvalue weighted by Crippen LogP contribution is 2.27. The van der Waals surface area contributed by atoms with Crippen LogP contribution in [0, 0.1) is 0 Å². The van der Waals surface area contributed by atoms with Gasteiger partial charge in [0.05, 0.1) is 17.7 Å². The van der Waals surface area contributed by atoms with Gasteiger partial charge in [-0.1, -0.05) is 83.3 Å². The molecule has 2 amide bonds. The predicted molar refractivity (Wildman–Crippen MR) is 186 cm³/mol. The fourth-order valence-corrected chi connectivity index (χ4v) is 6.66. The van der Waals surface area contributed by atoms with Crippen LogP contribution in [0.2, 0.25) is 5.02 Å². The number of hydrogen-bond acceptors (Lipinski definition) is 5. The van der Waals surface area contributed by atoms with E-state index in [2.05, 4.69) is 21.2 Å². The Morgan fingerprint density at radius 1 is 0.891 bits per heavy atom. The molecular formula is C35H37BrClN3O5S. The number of anilines is 1. The average Bonchev–Trinajstić information content (AvgIpc) is 3.07. The third-order valence-electron chi connectivity index (χ3n) is 7.41. The first-order chi connectivity index (χ1) is 22.1. The van der Waals surface area contributed by atoms with Gasteiger partial charge >= 0.3 is 0 Å². The van der Waals surface area contributed by atoms with Crippen molar-refractivity contribution in [2.45, 2.75) is 43.7 Å². The summed E-state index contributed by atoms with van der Waals surface area (Å²) >= 11 is 9.59. The molecule has 0 aromatic heterocycles. The molecule has 0 saturated carbocycles. The zero-order valence-corrected chi connectivity index (χ0v) is 28.9. The van der Waals surface area contributed by atoms with Crippen LogP contribution >= 0.6 is 27.5 Å². The molecule has 0 heterocycles. The summed E-state index contributed by atoms with van der Waals surface area (Å²) < 4.78 is 35.4. The maximum absolute atomic E-state index is 14.5. The van der Waals surface area contributed by atoms with Crippen molar-refractivity contribution < 1.29 is 22.7 Å². The number of amides is 2. The van der Waals surface area contributed by atoms with Crippen LogP contribution in [0.3, 0.4) is 0 Å². The van der Waals surface area contributed by atoms with E-state index >= 15 is 0 Å². The molecule has 1 N–H and O–H groups in total. The van der Waals surface area contributed by atoms with Crippen LogP contribution in [0.1, 0.15) is 30.9 Å². The Balaban J connectivity index is 1.78. The number of hydrogen-bond donors (Lipinski definition) is 1. The second-order valence-electron chi connectivity index (χ2n) is 10.7. The Bertz CT molecular complexity index is 1690. The number of carbonyl (C=O) groups excluding carboxylic acids is 2. The molecule has 0 unspecified atom stereocenters. The number of halogens is 2. The van der Waals surface area contributed by atoms with Gasteiger partial charge in [-0.05, 0) is 78.2 Å². The molecule has 0 aliphatic heterocycles. The largest absolute Gasteiger partial charge is 0.497 e. The molecule has 0 aliphatic carbocycles. The number of unbranched alkanes of at least 4 members (excludes halogenated alkanes) is 1. The molecule has 0 fully saturated rings. The van der Waals surface area contributed by atoms with Gasteiger partial charge in [0, 0.05) is 29.0 Å². The summed E-state index contributed by atoms with van der Waals surface area (Å²) in [5.74, 6) is -0.355. The van der Waals surface area contributed by atoms with E-state index in [1.807, 2.05) is 61.5 Å².